The lowest BCUT2D eigenvalue weighted by molar-refractivity contribution is -0.176. The fourth-order valence-electron chi connectivity index (χ4n) is 6.13. The molecule has 0 amide bonds. The molecular weight excluding hydrogens is 460 g/mol. The number of aliphatic hydroxyl groups is 1. The molecule has 3 atom stereocenters. The Labute approximate surface area is 222 Å². The zero-order chi connectivity index (χ0) is 27.8. The zero-order valence-electron chi connectivity index (χ0n) is 23.7. The van der Waals surface area contributed by atoms with Crippen molar-refractivity contribution in [3.8, 4) is 0 Å². The lowest BCUT2D eigenvalue weighted by Crippen LogP contribution is -2.69. The van der Waals surface area contributed by atoms with Crippen LogP contribution in [-0.4, -0.2) is 22.5 Å². The third kappa shape index (κ3) is 4.71. The summed E-state index contributed by atoms with van der Waals surface area (Å²) in [6.07, 6.45) is 7.49. The number of rotatable bonds is 7. The van der Waals surface area contributed by atoms with Gasteiger partial charge < -0.3 is 5.11 Å². The van der Waals surface area contributed by atoms with Crippen molar-refractivity contribution in [2.24, 2.45) is 22.2 Å². The maximum absolute atomic E-state index is 14.7. The molecule has 2 aliphatic rings. The van der Waals surface area contributed by atoms with E-state index in [1.165, 1.54) is 0 Å². The van der Waals surface area contributed by atoms with Gasteiger partial charge in [-0.3, -0.25) is 14.4 Å². The predicted octanol–water partition coefficient (Wildman–Crippen LogP) is 7.76. The number of hydrogen-bond acceptors (Lipinski definition) is 4. The fraction of sp³-hybridized carbons (Fsp3) is 0.485. The van der Waals surface area contributed by atoms with Crippen molar-refractivity contribution >= 4 is 23.1 Å². The number of carbonyl (C=O) groups is 3. The minimum atomic E-state index is -1.45. The van der Waals surface area contributed by atoms with Crippen LogP contribution in [0.5, 0.6) is 0 Å². The summed E-state index contributed by atoms with van der Waals surface area (Å²) in [6, 6.07) is 8.70. The van der Waals surface area contributed by atoms with E-state index < -0.39 is 27.8 Å². The highest BCUT2D eigenvalue weighted by Gasteiger charge is 2.73. The number of benzene rings is 1. The van der Waals surface area contributed by atoms with Gasteiger partial charge in [0.15, 0.2) is 17.3 Å². The quantitative estimate of drug-likeness (QED) is 0.136. The molecule has 3 rings (SSSR count). The Kier molecular flexibility index (Phi) is 8.02. The van der Waals surface area contributed by atoms with Crippen LogP contribution in [0.2, 0.25) is 0 Å². The minimum Gasteiger partial charge on any atom is -0.506 e. The lowest BCUT2D eigenvalue weighted by atomic mass is 9.38. The van der Waals surface area contributed by atoms with E-state index in [0.29, 0.717) is 18.4 Å². The lowest BCUT2D eigenvalue weighted by Gasteiger charge is -2.60. The van der Waals surface area contributed by atoms with Crippen LogP contribution in [0.4, 0.5) is 0 Å². The molecule has 3 unspecified atom stereocenters. The van der Waals surface area contributed by atoms with Gasteiger partial charge in [-0.1, -0.05) is 79.1 Å². The van der Waals surface area contributed by atoms with Gasteiger partial charge in [-0.15, -0.1) is 0 Å². The van der Waals surface area contributed by atoms with Crippen molar-refractivity contribution in [2.45, 2.75) is 81.1 Å². The Balaban J connectivity index is 2.43. The minimum absolute atomic E-state index is 0.0652. The van der Waals surface area contributed by atoms with E-state index in [9.17, 15) is 19.5 Å². The van der Waals surface area contributed by atoms with Crippen molar-refractivity contribution in [1.82, 2.24) is 0 Å². The van der Waals surface area contributed by atoms with Crippen molar-refractivity contribution < 1.29 is 19.5 Å². The standard InChI is InChI=1S/C33H42O4/c1-21(2)14-15-25-20-32(18-16-22(3)4)28(35)26(27(34)24-12-10-9-11-13-24)29(36)33(30(32)37,31(25,7)8)19-17-23(5)6/h9-14,16-17,25,34H,15,18-20H2,1-8H3/b27-26+. The van der Waals surface area contributed by atoms with Crippen LogP contribution in [0.25, 0.3) is 5.76 Å². The molecule has 0 aromatic heterocycles. The average molecular weight is 503 g/mol. The smallest absolute Gasteiger partial charge is 0.184 e. The van der Waals surface area contributed by atoms with E-state index in [4.69, 9.17) is 0 Å². The summed E-state index contributed by atoms with van der Waals surface area (Å²) in [5, 5.41) is 11.4. The molecule has 2 bridgehead atoms. The summed E-state index contributed by atoms with van der Waals surface area (Å²) in [7, 11) is 0. The molecule has 2 saturated carbocycles. The second-order valence-electron chi connectivity index (χ2n) is 12.2. The number of ketones is 3. The van der Waals surface area contributed by atoms with E-state index in [2.05, 4.69) is 6.08 Å². The molecule has 0 heterocycles. The number of fused-ring (bicyclic) bond motifs is 2. The first-order valence-corrected chi connectivity index (χ1v) is 13.3. The first-order chi connectivity index (χ1) is 17.2. The first kappa shape index (κ1) is 28.6. The summed E-state index contributed by atoms with van der Waals surface area (Å²) in [5.74, 6) is -1.75. The van der Waals surface area contributed by atoms with Gasteiger partial charge in [0.05, 0.1) is 5.41 Å². The molecule has 0 spiro atoms. The van der Waals surface area contributed by atoms with Gasteiger partial charge in [0.2, 0.25) is 0 Å². The molecule has 2 fully saturated rings. The Hall–Kier alpha value is -3.01. The molecule has 1 aromatic carbocycles. The summed E-state index contributed by atoms with van der Waals surface area (Å²) in [5.41, 5.74) is -0.236. The molecule has 1 aromatic rings. The number of hydrogen-bond donors (Lipinski definition) is 1. The van der Waals surface area contributed by atoms with E-state index >= 15 is 0 Å². The third-order valence-corrected chi connectivity index (χ3v) is 8.58. The van der Waals surface area contributed by atoms with Gasteiger partial charge in [-0.05, 0) is 78.6 Å². The van der Waals surface area contributed by atoms with Crippen LogP contribution in [0.15, 0.2) is 70.9 Å². The maximum Gasteiger partial charge on any atom is 0.184 e. The molecule has 4 nitrogen and oxygen atoms in total. The summed E-state index contributed by atoms with van der Waals surface area (Å²) in [4.78, 5) is 43.6. The van der Waals surface area contributed by atoms with Gasteiger partial charge in [-0.2, -0.15) is 0 Å². The summed E-state index contributed by atoms with van der Waals surface area (Å²) >= 11 is 0. The highest BCUT2D eigenvalue weighted by molar-refractivity contribution is 6.41. The first-order valence-electron chi connectivity index (χ1n) is 13.3. The SMILES string of the molecule is CC(C)=CCC1CC2(CC=C(C)C)C(=O)/C(=C(\O)c3ccccc3)C(=O)C(CC=C(C)C)(C2=O)C1(C)C. The van der Waals surface area contributed by atoms with E-state index in [0.717, 1.165) is 16.7 Å². The van der Waals surface area contributed by atoms with Gasteiger partial charge in [0.1, 0.15) is 16.7 Å². The zero-order valence-corrected chi connectivity index (χ0v) is 23.7. The molecule has 0 saturated heterocycles. The second kappa shape index (κ2) is 10.4. The van der Waals surface area contributed by atoms with Gasteiger partial charge in [0, 0.05) is 5.56 Å². The molecule has 37 heavy (non-hydrogen) atoms. The third-order valence-electron chi connectivity index (χ3n) is 8.58. The number of carbonyl (C=O) groups excluding carboxylic acids is 3. The topological polar surface area (TPSA) is 71.4 Å². The van der Waals surface area contributed by atoms with Crippen molar-refractivity contribution in [3.63, 3.8) is 0 Å². The normalized spacial score (nSPS) is 27.9. The maximum atomic E-state index is 14.7. The average Bonchev–Trinajstić information content (AvgIpc) is 2.82. The molecule has 0 radical (unpaired) electrons. The number of aliphatic hydroxyl groups excluding tert-OH is 1. The Bertz CT molecular complexity index is 1210. The van der Waals surface area contributed by atoms with Crippen molar-refractivity contribution in [2.75, 3.05) is 0 Å². The van der Waals surface area contributed by atoms with Crippen LogP contribution in [0.3, 0.4) is 0 Å². The summed E-state index contributed by atoms with van der Waals surface area (Å²) < 4.78 is 0. The Morgan fingerprint density at radius 1 is 0.838 bits per heavy atom. The van der Waals surface area contributed by atoms with Crippen LogP contribution < -0.4 is 0 Å². The number of Topliss-reactive ketones (excluding diaryl/α,β-unsaturated/α-hetero) is 3. The second-order valence-corrected chi connectivity index (χ2v) is 12.2. The molecule has 1 N–H and O–H groups in total. The molecule has 4 heteroatoms. The Morgan fingerprint density at radius 3 is 1.92 bits per heavy atom. The molecule has 198 valence electrons. The largest absolute Gasteiger partial charge is 0.506 e. The Morgan fingerprint density at radius 2 is 1.38 bits per heavy atom. The van der Waals surface area contributed by atoms with E-state index in [1.807, 2.05) is 73.6 Å². The van der Waals surface area contributed by atoms with E-state index in [1.54, 1.807) is 24.3 Å². The highest BCUT2D eigenvalue weighted by Crippen LogP contribution is 2.65. The molecule has 0 aliphatic heterocycles. The van der Waals surface area contributed by atoms with Gasteiger partial charge in [-0.25, -0.2) is 0 Å². The predicted molar refractivity (Wildman–Crippen MR) is 150 cm³/mol. The monoisotopic (exact) mass is 502 g/mol. The van der Waals surface area contributed by atoms with Crippen LogP contribution in [0.1, 0.15) is 86.6 Å². The van der Waals surface area contributed by atoms with Crippen LogP contribution in [-0.2, 0) is 14.4 Å². The van der Waals surface area contributed by atoms with Crippen LogP contribution in [0, 0.1) is 22.2 Å². The molecular formula is C33H42O4. The fourth-order valence-corrected chi connectivity index (χ4v) is 6.13. The summed E-state index contributed by atoms with van der Waals surface area (Å²) in [6.45, 7) is 15.9. The van der Waals surface area contributed by atoms with Crippen LogP contribution >= 0.6 is 0 Å². The van der Waals surface area contributed by atoms with Crippen molar-refractivity contribution in [3.05, 3.63) is 76.4 Å². The molecule has 2 aliphatic carbocycles. The number of allylic oxidation sites excluding steroid dienone is 7. The highest BCUT2D eigenvalue weighted by atomic mass is 16.3. The van der Waals surface area contributed by atoms with Gasteiger partial charge >= 0.3 is 0 Å². The van der Waals surface area contributed by atoms with Gasteiger partial charge in [0.25, 0.3) is 0 Å². The van der Waals surface area contributed by atoms with Crippen molar-refractivity contribution in [1.29, 1.82) is 0 Å². The van der Waals surface area contributed by atoms with E-state index in [-0.39, 0.29) is 35.9 Å².